The molecule has 2 aromatic heterocycles. The number of nitrogens with one attached hydrogen (secondary N) is 1. The molecule has 23 heavy (non-hydrogen) atoms. The highest BCUT2D eigenvalue weighted by Crippen LogP contribution is 2.19. The van der Waals surface area contributed by atoms with Crippen molar-refractivity contribution in [3.63, 3.8) is 0 Å². The largest absolute Gasteiger partial charge is 0.355 e. The maximum absolute atomic E-state index is 12.0. The lowest BCUT2D eigenvalue weighted by molar-refractivity contribution is 0.0943. The van der Waals surface area contributed by atoms with E-state index in [0.717, 1.165) is 24.2 Å². The van der Waals surface area contributed by atoms with Crippen LogP contribution in [-0.4, -0.2) is 27.4 Å². The van der Waals surface area contributed by atoms with Crippen molar-refractivity contribution in [3.05, 3.63) is 60.0 Å². The first kappa shape index (κ1) is 15.0. The van der Waals surface area contributed by atoms with E-state index in [0.29, 0.717) is 18.0 Å². The summed E-state index contributed by atoms with van der Waals surface area (Å²) in [5.41, 5.74) is 2.18. The Balaban J connectivity index is 1.50. The molecule has 0 spiro atoms. The Kier molecular flexibility index (Phi) is 4.52. The van der Waals surface area contributed by atoms with Gasteiger partial charge in [-0.15, -0.1) is 0 Å². The zero-order chi connectivity index (χ0) is 16.1. The molecule has 2 heterocycles. The summed E-state index contributed by atoms with van der Waals surface area (Å²) in [6.45, 7) is 3.28. The summed E-state index contributed by atoms with van der Waals surface area (Å²) < 4.78 is 7.09. The monoisotopic (exact) mass is 310 g/mol. The van der Waals surface area contributed by atoms with Gasteiger partial charge >= 0.3 is 0 Å². The predicted molar refractivity (Wildman–Crippen MR) is 85.9 cm³/mol. The highest BCUT2D eigenvalue weighted by molar-refractivity contribution is 5.93. The molecular weight excluding hydrogens is 292 g/mol. The Morgan fingerprint density at radius 3 is 2.83 bits per heavy atom. The Labute approximate surface area is 134 Å². The zero-order valence-corrected chi connectivity index (χ0v) is 12.9. The molecule has 0 aliphatic carbocycles. The van der Waals surface area contributed by atoms with E-state index in [9.17, 15) is 4.79 Å². The maximum Gasteiger partial charge on any atom is 0.273 e. The van der Waals surface area contributed by atoms with Crippen LogP contribution in [0, 0.1) is 6.92 Å². The number of rotatable bonds is 6. The first-order chi connectivity index (χ1) is 11.2. The molecule has 0 fully saturated rings. The van der Waals surface area contributed by atoms with Crippen LogP contribution in [0.5, 0.6) is 0 Å². The molecule has 1 N–H and O–H groups in total. The predicted octanol–water partition coefficient (Wildman–Crippen LogP) is 2.67. The van der Waals surface area contributed by atoms with Crippen LogP contribution in [0.4, 0.5) is 0 Å². The average Bonchev–Trinajstić information content (AvgIpc) is 3.21. The fourth-order valence-corrected chi connectivity index (χ4v) is 2.24. The van der Waals surface area contributed by atoms with E-state index in [2.05, 4.69) is 15.6 Å². The van der Waals surface area contributed by atoms with Crippen molar-refractivity contribution in [2.75, 3.05) is 6.54 Å². The van der Waals surface area contributed by atoms with Gasteiger partial charge < -0.3 is 9.84 Å². The minimum atomic E-state index is -0.229. The Bertz CT molecular complexity index is 777. The van der Waals surface area contributed by atoms with E-state index < -0.39 is 0 Å². The number of benzene rings is 1. The van der Waals surface area contributed by atoms with Crippen LogP contribution >= 0.6 is 0 Å². The second kappa shape index (κ2) is 6.91. The smallest absolute Gasteiger partial charge is 0.273 e. The third-order valence-corrected chi connectivity index (χ3v) is 3.42. The molecule has 0 atom stereocenters. The van der Waals surface area contributed by atoms with Crippen molar-refractivity contribution < 1.29 is 9.32 Å². The Hall–Kier alpha value is -2.89. The van der Waals surface area contributed by atoms with Gasteiger partial charge in [-0.1, -0.05) is 35.5 Å². The van der Waals surface area contributed by atoms with Crippen LogP contribution in [0.1, 0.15) is 22.6 Å². The summed E-state index contributed by atoms with van der Waals surface area (Å²) in [4.78, 5) is 12.0. The summed E-state index contributed by atoms with van der Waals surface area (Å²) in [6.07, 6.45) is 2.73. The van der Waals surface area contributed by atoms with Gasteiger partial charge in [0.15, 0.2) is 11.5 Å². The molecule has 0 radical (unpaired) electrons. The van der Waals surface area contributed by atoms with Gasteiger partial charge in [0.05, 0.1) is 5.69 Å². The number of hydrogen-bond acceptors (Lipinski definition) is 4. The van der Waals surface area contributed by atoms with Crippen LogP contribution < -0.4 is 5.32 Å². The summed E-state index contributed by atoms with van der Waals surface area (Å²) in [6, 6.07) is 13.2. The molecule has 6 nitrogen and oxygen atoms in total. The van der Waals surface area contributed by atoms with Gasteiger partial charge in [-0.25, -0.2) is 0 Å². The summed E-state index contributed by atoms with van der Waals surface area (Å²) in [5, 5.41) is 11.0. The minimum Gasteiger partial charge on any atom is -0.355 e. The topological polar surface area (TPSA) is 73.0 Å². The molecule has 0 unspecified atom stereocenters. The van der Waals surface area contributed by atoms with Gasteiger partial charge in [0, 0.05) is 30.9 Å². The van der Waals surface area contributed by atoms with E-state index in [1.807, 2.05) is 54.2 Å². The highest BCUT2D eigenvalue weighted by atomic mass is 16.5. The van der Waals surface area contributed by atoms with Gasteiger partial charge in [-0.05, 0) is 19.4 Å². The molecular formula is C17H18N4O2. The maximum atomic E-state index is 12.0. The summed E-state index contributed by atoms with van der Waals surface area (Å²) in [7, 11) is 0. The van der Waals surface area contributed by atoms with Crippen molar-refractivity contribution in [3.8, 4) is 11.3 Å². The molecule has 3 rings (SSSR count). The number of nitrogens with zero attached hydrogens (tertiary/aromatic N) is 3. The van der Waals surface area contributed by atoms with Crippen molar-refractivity contribution >= 4 is 5.91 Å². The number of aromatic nitrogens is 3. The molecule has 0 bridgehead atoms. The second-order valence-electron chi connectivity index (χ2n) is 5.27. The van der Waals surface area contributed by atoms with Gasteiger partial charge in [0.25, 0.3) is 5.91 Å². The van der Waals surface area contributed by atoms with Gasteiger partial charge in [-0.3, -0.25) is 9.48 Å². The highest BCUT2D eigenvalue weighted by Gasteiger charge is 2.12. The number of aryl methyl sites for hydroxylation is 2. The Morgan fingerprint density at radius 2 is 2.09 bits per heavy atom. The lowest BCUT2D eigenvalue weighted by atomic mass is 10.1. The van der Waals surface area contributed by atoms with Crippen LogP contribution in [0.25, 0.3) is 11.3 Å². The standard InChI is InChI=1S/C17H18N4O2/c1-13-8-11-21(19-13)10-5-9-18-17(22)15-12-16(23-20-15)14-6-3-2-4-7-14/h2-4,6-8,11-12H,5,9-10H2,1H3,(H,18,22). The number of carbonyl (C=O) groups excluding carboxylic acids is 1. The lowest BCUT2D eigenvalue weighted by Gasteiger charge is -2.03. The molecule has 0 saturated carbocycles. The molecule has 0 aliphatic heterocycles. The quantitative estimate of drug-likeness (QED) is 0.710. The first-order valence-electron chi connectivity index (χ1n) is 7.53. The van der Waals surface area contributed by atoms with E-state index in [1.165, 1.54) is 0 Å². The molecule has 118 valence electrons. The van der Waals surface area contributed by atoms with E-state index in [4.69, 9.17) is 4.52 Å². The van der Waals surface area contributed by atoms with Crippen molar-refractivity contribution in [2.24, 2.45) is 0 Å². The zero-order valence-electron chi connectivity index (χ0n) is 12.9. The second-order valence-corrected chi connectivity index (χ2v) is 5.27. The molecule has 0 saturated heterocycles. The van der Waals surface area contributed by atoms with Gasteiger partial charge in [-0.2, -0.15) is 5.10 Å². The fraction of sp³-hybridized carbons (Fsp3) is 0.235. The van der Waals surface area contributed by atoms with E-state index in [1.54, 1.807) is 6.07 Å². The number of carbonyl (C=O) groups is 1. The summed E-state index contributed by atoms with van der Waals surface area (Å²) >= 11 is 0. The Morgan fingerprint density at radius 1 is 1.26 bits per heavy atom. The number of amides is 1. The summed E-state index contributed by atoms with van der Waals surface area (Å²) in [5.74, 6) is 0.357. The van der Waals surface area contributed by atoms with Crippen LogP contribution in [0.2, 0.25) is 0 Å². The normalized spacial score (nSPS) is 10.7. The SMILES string of the molecule is Cc1ccn(CCCNC(=O)c2cc(-c3ccccc3)on2)n1. The molecule has 1 aromatic carbocycles. The number of hydrogen-bond donors (Lipinski definition) is 1. The molecule has 1 amide bonds. The third-order valence-electron chi connectivity index (χ3n) is 3.42. The molecule has 6 heteroatoms. The van der Waals surface area contributed by atoms with Crippen molar-refractivity contribution in [1.82, 2.24) is 20.3 Å². The third kappa shape index (κ3) is 3.85. The van der Waals surface area contributed by atoms with Crippen LogP contribution in [0.3, 0.4) is 0 Å². The van der Waals surface area contributed by atoms with E-state index in [-0.39, 0.29) is 5.91 Å². The first-order valence-corrected chi connectivity index (χ1v) is 7.53. The molecule has 0 aliphatic rings. The minimum absolute atomic E-state index is 0.229. The van der Waals surface area contributed by atoms with Crippen LogP contribution in [0.15, 0.2) is 53.2 Å². The average molecular weight is 310 g/mol. The van der Waals surface area contributed by atoms with Crippen molar-refractivity contribution in [2.45, 2.75) is 19.9 Å². The fourth-order valence-electron chi connectivity index (χ4n) is 2.24. The molecule has 3 aromatic rings. The van der Waals surface area contributed by atoms with Gasteiger partial charge in [0.1, 0.15) is 0 Å². The lowest BCUT2D eigenvalue weighted by Crippen LogP contribution is -2.25. The van der Waals surface area contributed by atoms with Crippen LogP contribution in [-0.2, 0) is 6.54 Å². The van der Waals surface area contributed by atoms with Gasteiger partial charge in [0.2, 0.25) is 0 Å². The van der Waals surface area contributed by atoms with E-state index >= 15 is 0 Å². The van der Waals surface area contributed by atoms with Crippen molar-refractivity contribution in [1.29, 1.82) is 0 Å².